The molecule has 0 saturated heterocycles. The Kier molecular flexibility index (Phi) is 7.00. The van der Waals surface area contributed by atoms with E-state index in [1.54, 1.807) is 42.5 Å². The largest absolute Gasteiger partial charge is 0.328 e. The van der Waals surface area contributed by atoms with Crippen molar-refractivity contribution >= 4 is 86.4 Å². The molecule has 0 atom stereocenters. The highest BCUT2D eigenvalue weighted by atomic mass is 35.5. The van der Waals surface area contributed by atoms with Gasteiger partial charge in [0, 0.05) is 36.9 Å². The van der Waals surface area contributed by atoms with Crippen molar-refractivity contribution in [3.8, 4) is 0 Å². The predicted octanol–water partition coefficient (Wildman–Crippen LogP) is 6.22. The maximum atomic E-state index is 13.1. The second-order valence-electron chi connectivity index (χ2n) is 7.08. The Balaban J connectivity index is 1.63. The maximum absolute atomic E-state index is 13.1. The summed E-state index contributed by atoms with van der Waals surface area (Å²) in [5, 5.41) is 7.30. The average Bonchev–Trinajstić information content (AvgIpc) is 3.12. The van der Waals surface area contributed by atoms with Gasteiger partial charge in [0.1, 0.15) is 5.69 Å². The van der Waals surface area contributed by atoms with Crippen LogP contribution in [-0.4, -0.2) is 22.4 Å². The summed E-state index contributed by atoms with van der Waals surface area (Å²) >= 11 is 23.9. The molecule has 1 heterocycles. The first-order valence-electron chi connectivity index (χ1n) is 9.66. The van der Waals surface area contributed by atoms with E-state index in [2.05, 4.69) is 16.1 Å². The summed E-state index contributed by atoms with van der Waals surface area (Å²) in [6, 6.07) is 17.2. The van der Waals surface area contributed by atoms with Crippen LogP contribution in [0.4, 0.5) is 11.4 Å². The van der Waals surface area contributed by atoms with E-state index in [4.69, 9.17) is 46.4 Å². The van der Waals surface area contributed by atoms with Crippen LogP contribution < -0.4 is 16.1 Å². The number of fused-ring (bicyclic) bond motifs is 1. The van der Waals surface area contributed by atoms with Crippen molar-refractivity contribution in [2.45, 2.75) is 0 Å². The lowest BCUT2D eigenvalue weighted by Crippen LogP contribution is -2.36. The first kappa shape index (κ1) is 23.9. The van der Waals surface area contributed by atoms with Crippen LogP contribution in [0.3, 0.4) is 0 Å². The van der Waals surface area contributed by atoms with Gasteiger partial charge < -0.3 is 10.6 Å². The molecule has 3 amide bonds. The van der Waals surface area contributed by atoms with Crippen molar-refractivity contribution in [2.24, 2.45) is 0 Å². The van der Waals surface area contributed by atoms with Gasteiger partial charge in [-0.25, -0.2) is 4.68 Å². The monoisotopic (exact) mass is 534 g/mol. The fourth-order valence-electron chi connectivity index (χ4n) is 3.17. The van der Waals surface area contributed by atoms with Gasteiger partial charge in [-0.15, -0.1) is 0 Å². The number of nitrogens with zero attached hydrogens (tertiary/aromatic N) is 1. The number of carbonyl (C=O) groups is 3. The van der Waals surface area contributed by atoms with Gasteiger partial charge in [-0.3, -0.25) is 19.8 Å². The summed E-state index contributed by atoms with van der Waals surface area (Å²) in [7, 11) is 0. The molecule has 4 rings (SSSR count). The first-order chi connectivity index (χ1) is 16.2. The Bertz CT molecular complexity index is 1410. The fourth-order valence-corrected chi connectivity index (χ4v) is 4.00. The zero-order chi connectivity index (χ0) is 24.4. The Morgan fingerprint density at radius 1 is 0.618 bits per heavy atom. The van der Waals surface area contributed by atoms with Gasteiger partial charge in [-0.2, -0.15) is 0 Å². The minimum absolute atomic E-state index is 0.0426. The smallest absolute Gasteiger partial charge is 0.321 e. The second-order valence-corrected chi connectivity index (χ2v) is 8.83. The minimum Gasteiger partial charge on any atom is -0.321 e. The van der Waals surface area contributed by atoms with E-state index in [1.165, 1.54) is 28.9 Å². The van der Waals surface area contributed by atoms with E-state index < -0.39 is 17.7 Å². The predicted molar refractivity (Wildman–Crippen MR) is 136 cm³/mol. The lowest BCUT2D eigenvalue weighted by Gasteiger charge is -2.13. The zero-order valence-corrected chi connectivity index (χ0v) is 20.1. The third kappa shape index (κ3) is 5.46. The van der Waals surface area contributed by atoms with E-state index in [0.29, 0.717) is 42.4 Å². The molecule has 0 unspecified atom stereocenters. The first-order valence-corrected chi connectivity index (χ1v) is 11.2. The molecule has 0 saturated carbocycles. The molecule has 0 aliphatic carbocycles. The van der Waals surface area contributed by atoms with Crippen LogP contribution in [0.2, 0.25) is 20.1 Å². The Labute approximate surface area is 213 Å². The molecular formula is C23H14Cl4N4O3. The Hall–Kier alpha value is -3.23. The molecule has 34 heavy (non-hydrogen) atoms. The van der Waals surface area contributed by atoms with Crippen molar-refractivity contribution in [1.82, 2.24) is 4.68 Å². The quantitative estimate of drug-likeness (QED) is 0.271. The van der Waals surface area contributed by atoms with E-state index >= 15 is 0 Å². The molecule has 0 bridgehead atoms. The van der Waals surface area contributed by atoms with E-state index in [0.717, 1.165) is 0 Å². The van der Waals surface area contributed by atoms with Gasteiger partial charge >= 0.3 is 11.8 Å². The van der Waals surface area contributed by atoms with Gasteiger partial charge in [-0.05, 0) is 66.7 Å². The number of carbonyl (C=O) groups excluding carboxylic acids is 3. The van der Waals surface area contributed by atoms with Crippen LogP contribution in [0.15, 0.2) is 66.7 Å². The molecule has 0 aliphatic rings. The van der Waals surface area contributed by atoms with Crippen LogP contribution >= 0.6 is 46.4 Å². The van der Waals surface area contributed by atoms with Crippen LogP contribution in [0.5, 0.6) is 0 Å². The van der Waals surface area contributed by atoms with Gasteiger partial charge in [0.25, 0.3) is 5.91 Å². The lowest BCUT2D eigenvalue weighted by molar-refractivity contribution is -0.133. The number of amides is 3. The summed E-state index contributed by atoms with van der Waals surface area (Å²) in [5.74, 6) is -2.52. The average molecular weight is 536 g/mol. The molecule has 0 fully saturated rings. The molecule has 0 aliphatic heterocycles. The van der Waals surface area contributed by atoms with Crippen LogP contribution in [0.1, 0.15) is 10.5 Å². The molecule has 1 aromatic heterocycles. The van der Waals surface area contributed by atoms with Crippen molar-refractivity contribution in [2.75, 3.05) is 16.1 Å². The molecule has 3 N–H and O–H groups in total. The van der Waals surface area contributed by atoms with Crippen molar-refractivity contribution in [3.05, 3.63) is 92.5 Å². The Morgan fingerprint density at radius 3 is 1.94 bits per heavy atom. The minimum atomic E-state index is -0.998. The highest BCUT2D eigenvalue weighted by Gasteiger charge is 2.21. The molecule has 11 heteroatoms. The Morgan fingerprint density at radius 2 is 1.26 bits per heavy atom. The molecule has 172 valence electrons. The van der Waals surface area contributed by atoms with Gasteiger partial charge in [0.15, 0.2) is 0 Å². The summed E-state index contributed by atoms with van der Waals surface area (Å²) < 4.78 is 1.21. The summed E-state index contributed by atoms with van der Waals surface area (Å²) in [5.41, 5.74) is 3.68. The van der Waals surface area contributed by atoms with Crippen LogP contribution in [0, 0.1) is 0 Å². The number of benzene rings is 3. The van der Waals surface area contributed by atoms with Crippen molar-refractivity contribution in [1.29, 1.82) is 0 Å². The molecule has 0 radical (unpaired) electrons. The molecule has 0 spiro atoms. The van der Waals surface area contributed by atoms with Crippen molar-refractivity contribution in [3.63, 3.8) is 0 Å². The number of anilines is 2. The summed E-state index contributed by atoms with van der Waals surface area (Å²) in [4.78, 5) is 38.2. The highest BCUT2D eigenvalue weighted by molar-refractivity contribution is 6.42. The van der Waals surface area contributed by atoms with E-state index in [9.17, 15) is 14.4 Å². The maximum Gasteiger partial charge on any atom is 0.328 e. The van der Waals surface area contributed by atoms with Gasteiger partial charge in [0.05, 0.1) is 5.52 Å². The number of rotatable bonds is 4. The summed E-state index contributed by atoms with van der Waals surface area (Å²) in [6.45, 7) is 0. The SMILES string of the molecule is O=C(Nc1ccc(Cl)cc1)C(=O)Nn1c(C(=O)Nc2cc(Cl)cc(Cl)c2)cc2cc(Cl)ccc21. The van der Waals surface area contributed by atoms with E-state index in [-0.39, 0.29) is 5.69 Å². The topological polar surface area (TPSA) is 92.2 Å². The second kappa shape index (κ2) is 9.95. The molecule has 7 nitrogen and oxygen atoms in total. The standard InChI is InChI=1S/C23H14Cl4N4O3/c24-13-1-4-17(5-2-13)28-22(33)23(34)30-31-19-6-3-14(25)7-12(19)8-20(31)21(32)29-18-10-15(26)9-16(27)11-18/h1-11H,(H,28,33)(H,29,32)(H,30,34). The van der Waals surface area contributed by atoms with Gasteiger partial charge in [0.2, 0.25) is 0 Å². The third-order valence-corrected chi connectivity index (χ3v) is 5.56. The number of hydrogen-bond donors (Lipinski definition) is 3. The van der Waals surface area contributed by atoms with Crippen molar-refractivity contribution < 1.29 is 14.4 Å². The fraction of sp³-hybridized carbons (Fsp3) is 0. The third-order valence-electron chi connectivity index (χ3n) is 4.64. The zero-order valence-electron chi connectivity index (χ0n) is 17.0. The molecule has 3 aromatic carbocycles. The van der Waals surface area contributed by atoms with Crippen LogP contribution in [0.25, 0.3) is 10.9 Å². The highest BCUT2D eigenvalue weighted by Crippen LogP contribution is 2.26. The number of nitrogens with one attached hydrogen (secondary N) is 3. The summed E-state index contributed by atoms with van der Waals surface area (Å²) in [6.07, 6.45) is 0. The normalized spacial score (nSPS) is 10.7. The molecular weight excluding hydrogens is 522 g/mol. The van der Waals surface area contributed by atoms with Crippen LogP contribution in [-0.2, 0) is 9.59 Å². The molecule has 4 aromatic rings. The number of halogens is 4. The van der Waals surface area contributed by atoms with E-state index in [1.807, 2.05) is 0 Å². The lowest BCUT2D eigenvalue weighted by atomic mass is 10.2. The van der Waals surface area contributed by atoms with Gasteiger partial charge in [-0.1, -0.05) is 46.4 Å². The number of aromatic nitrogens is 1. The number of hydrogen-bond acceptors (Lipinski definition) is 3.